The van der Waals surface area contributed by atoms with E-state index in [9.17, 15) is 4.79 Å². The maximum atomic E-state index is 12.6. The lowest BCUT2D eigenvalue weighted by molar-refractivity contribution is 0.0915. The summed E-state index contributed by atoms with van der Waals surface area (Å²) in [6.07, 6.45) is 3.58. The maximum absolute atomic E-state index is 12.6. The quantitative estimate of drug-likeness (QED) is 0.825. The first-order chi connectivity index (χ1) is 12.4. The molecule has 0 unspecified atom stereocenters. The molecule has 0 saturated heterocycles. The van der Waals surface area contributed by atoms with Gasteiger partial charge in [-0.3, -0.25) is 4.79 Å². The van der Waals surface area contributed by atoms with Crippen molar-refractivity contribution in [3.8, 4) is 5.69 Å². The van der Waals surface area contributed by atoms with Crippen LogP contribution < -0.4 is 11.1 Å². The Labute approximate surface area is 163 Å². The summed E-state index contributed by atoms with van der Waals surface area (Å²) in [5.41, 5.74) is 6.46. The Kier molecular flexibility index (Phi) is 5.85. The highest BCUT2D eigenvalue weighted by Gasteiger charge is 2.25. The van der Waals surface area contributed by atoms with Gasteiger partial charge in [0, 0.05) is 18.0 Å². The highest BCUT2D eigenvalue weighted by molar-refractivity contribution is 6.37. The molecule has 1 aliphatic rings. The van der Waals surface area contributed by atoms with Crippen LogP contribution in [0, 0.1) is 0 Å². The van der Waals surface area contributed by atoms with Gasteiger partial charge in [-0.15, -0.1) is 5.10 Å². The summed E-state index contributed by atoms with van der Waals surface area (Å²) in [4.78, 5) is 17.1. The van der Waals surface area contributed by atoms with Crippen LogP contribution in [-0.2, 0) is 0 Å². The predicted molar refractivity (Wildman–Crippen MR) is 103 cm³/mol. The summed E-state index contributed by atoms with van der Waals surface area (Å²) in [6, 6.07) is 5.58. The molecule has 26 heavy (non-hydrogen) atoms. The Morgan fingerprint density at radius 1 is 1.23 bits per heavy atom. The number of hydrogen-bond acceptors (Lipinski definition) is 4. The van der Waals surface area contributed by atoms with E-state index in [1.165, 1.54) is 0 Å². The fraction of sp³-hybridized carbons (Fsp3) is 0.500. The van der Waals surface area contributed by atoms with E-state index in [2.05, 4.69) is 15.4 Å². The molecular formula is C18H23Cl2N5O. The Hall–Kier alpha value is -1.63. The van der Waals surface area contributed by atoms with Crippen LogP contribution in [-0.4, -0.2) is 32.8 Å². The van der Waals surface area contributed by atoms with Gasteiger partial charge in [-0.05, 0) is 37.8 Å². The Morgan fingerprint density at radius 3 is 2.42 bits per heavy atom. The number of carbonyl (C=O) groups excluding carboxylic acids is 1. The number of nitrogens with two attached hydrogens (primary N) is 1. The average molecular weight is 396 g/mol. The molecule has 140 valence electrons. The van der Waals surface area contributed by atoms with Crippen molar-refractivity contribution >= 4 is 29.1 Å². The van der Waals surface area contributed by atoms with E-state index in [1.807, 2.05) is 13.8 Å². The molecule has 3 rings (SSSR count). The number of hydrogen-bond donors (Lipinski definition) is 2. The van der Waals surface area contributed by atoms with Gasteiger partial charge < -0.3 is 11.1 Å². The Balaban J connectivity index is 1.89. The van der Waals surface area contributed by atoms with E-state index in [0.717, 1.165) is 25.7 Å². The first-order valence-electron chi connectivity index (χ1n) is 8.84. The highest BCUT2D eigenvalue weighted by Crippen LogP contribution is 2.30. The second-order valence-electron chi connectivity index (χ2n) is 7.02. The summed E-state index contributed by atoms with van der Waals surface area (Å²) in [6.45, 7) is 3.96. The van der Waals surface area contributed by atoms with Crippen molar-refractivity contribution < 1.29 is 4.79 Å². The largest absolute Gasteiger partial charge is 0.347 e. The standard InChI is InChI=1S/C18H23Cl2N5O/c1-10(2)17-23-16(18(26)22-12-8-6-11(21)7-9-12)24-25(17)15-13(19)4-3-5-14(15)20/h3-5,10-12H,6-9,21H2,1-2H3,(H,22,26). The van der Waals surface area contributed by atoms with Crippen LogP contribution in [0.4, 0.5) is 0 Å². The van der Waals surface area contributed by atoms with Gasteiger partial charge in [0.2, 0.25) is 5.82 Å². The minimum Gasteiger partial charge on any atom is -0.347 e. The topological polar surface area (TPSA) is 85.8 Å². The number of rotatable bonds is 4. The van der Waals surface area contributed by atoms with Crippen molar-refractivity contribution in [3.63, 3.8) is 0 Å². The number of amides is 1. The van der Waals surface area contributed by atoms with Gasteiger partial charge in [0.05, 0.1) is 10.0 Å². The molecule has 1 saturated carbocycles. The van der Waals surface area contributed by atoms with Gasteiger partial charge in [0.1, 0.15) is 11.5 Å². The molecular weight excluding hydrogens is 373 g/mol. The first kappa shape index (κ1) is 19.1. The van der Waals surface area contributed by atoms with Crippen molar-refractivity contribution in [1.82, 2.24) is 20.1 Å². The minimum atomic E-state index is -0.283. The normalized spacial score (nSPS) is 20.4. The zero-order valence-corrected chi connectivity index (χ0v) is 16.4. The third-order valence-electron chi connectivity index (χ3n) is 4.61. The van der Waals surface area contributed by atoms with E-state index in [1.54, 1.807) is 22.9 Å². The smallest absolute Gasteiger partial charge is 0.291 e. The summed E-state index contributed by atoms with van der Waals surface area (Å²) >= 11 is 12.6. The van der Waals surface area contributed by atoms with Gasteiger partial charge in [-0.2, -0.15) is 0 Å². The molecule has 1 aromatic heterocycles. The third kappa shape index (κ3) is 4.03. The fourth-order valence-electron chi connectivity index (χ4n) is 3.16. The van der Waals surface area contributed by atoms with Crippen LogP contribution in [0.3, 0.4) is 0 Å². The van der Waals surface area contributed by atoms with Crippen molar-refractivity contribution in [2.24, 2.45) is 5.73 Å². The van der Waals surface area contributed by atoms with Crippen LogP contribution in [0.5, 0.6) is 0 Å². The number of carbonyl (C=O) groups is 1. The molecule has 1 fully saturated rings. The molecule has 3 N–H and O–H groups in total. The van der Waals surface area contributed by atoms with E-state index < -0.39 is 0 Å². The van der Waals surface area contributed by atoms with E-state index in [4.69, 9.17) is 28.9 Å². The van der Waals surface area contributed by atoms with Gasteiger partial charge in [0.15, 0.2) is 0 Å². The van der Waals surface area contributed by atoms with Crippen molar-refractivity contribution in [2.75, 3.05) is 0 Å². The predicted octanol–water partition coefficient (Wildman–Crippen LogP) is 3.70. The summed E-state index contributed by atoms with van der Waals surface area (Å²) in [5.74, 6) is 0.522. The SMILES string of the molecule is CC(C)c1nc(C(=O)NC2CCC(N)CC2)nn1-c1c(Cl)cccc1Cl. The van der Waals surface area contributed by atoms with Gasteiger partial charge in [0.25, 0.3) is 5.91 Å². The number of aromatic nitrogens is 3. The summed E-state index contributed by atoms with van der Waals surface area (Å²) in [7, 11) is 0. The van der Waals surface area contributed by atoms with Crippen LogP contribution in [0.2, 0.25) is 10.0 Å². The minimum absolute atomic E-state index is 0.0454. The number of para-hydroxylation sites is 1. The zero-order valence-electron chi connectivity index (χ0n) is 14.9. The fourth-order valence-corrected chi connectivity index (χ4v) is 3.72. The molecule has 1 aromatic carbocycles. The van der Waals surface area contributed by atoms with Crippen LogP contribution >= 0.6 is 23.2 Å². The Bertz CT molecular complexity index is 777. The molecule has 0 spiro atoms. The van der Waals surface area contributed by atoms with E-state index in [-0.39, 0.29) is 29.7 Å². The summed E-state index contributed by atoms with van der Waals surface area (Å²) in [5, 5.41) is 8.33. The van der Waals surface area contributed by atoms with Gasteiger partial charge in [-0.1, -0.05) is 43.1 Å². The van der Waals surface area contributed by atoms with Crippen LogP contribution in [0.1, 0.15) is 61.9 Å². The molecule has 0 atom stereocenters. The summed E-state index contributed by atoms with van der Waals surface area (Å²) < 4.78 is 1.57. The lowest BCUT2D eigenvalue weighted by Crippen LogP contribution is -2.40. The maximum Gasteiger partial charge on any atom is 0.291 e. The number of benzene rings is 1. The van der Waals surface area contributed by atoms with Gasteiger partial charge >= 0.3 is 0 Å². The van der Waals surface area contributed by atoms with Crippen molar-refractivity contribution in [2.45, 2.75) is 57.5 Å². The molecule has 2 aromatic rings. The molecule has 0 radical (unpaired) electrons. The second-order valence-corrected chi connectivity index (χ2v) is 7.83. The number of halogens is 2. The van der Waals surface area contributed by atoms with E-state index in [0.29, 0.717) is 21.6 Å². The monoisotopic (exact) mass is 395 g/mol. The first-order valence-corrected chi connectivity index (χ1v) is 9.60. The molecule has 1 heterocycles. The molecule has 1 amide bonds. The molecule has 0 aliphatic heterocycles. The van der Waals surface area contributed by atoms with E-state index >= 15 is 0 Å². The molecule has 1 aliphatic carbocycles. The van der Waals surface area contributed by atoms with Crippen LogP contribution in [0.15, 0.2) is 18.2 Å². The highest BCUT2D eigenvalue weighted by atomic mass is 35.5. The average Bonchev–Trinajstić information content (AvgIpc) is 3.02. The van der Waals surface area contributed by atoms with Crippen molar-refractivity contribution in [1.29, 1.82) is 0 Å². The van der Waals surface area contributed by atoms with Crippen molar-refractivity contribution in [3.05, 3.63) is 39.9 Å². The lowest BCUT2D eigenvalue weighted by Gasteiger charge is -2.26. The second kappa shape index (κ2) is 7.94. The number of nitrogens with zero attached hydrogens (tertiary/aromatic N) is 3. The lowest BCUT2D eigenvalue weighted by atomic mass is 9.92. The third-order valence-corrected chi connectivity index (χ3v) is 5.22. The Morgan fingerprint density at radius 2 is 1.85 bits per heavy atom. The van der Waals surface area contributed by atoms with Gasteiger partial charge in [-0.25, -0.2) is 9.67 Å². The molecule has 6 nitrogen and oxygen atoms in total. The number of nitrogens with one attached hydrogen (secondary N) is 1. The van der Waals surface area contributed by atoms with Crippen LogP contribution in [0.25, 0.3) is 5.69 Å². The molecule has 0 bridgehead atoms. The molecule has 8 heteroatoms. The zero-order chi connectivity index (χ0) is 18.8.